The molecule has 19 heavy (non-hydrogen) atoms. The fourth-order valence-electron chi connectivity index (χ4n) is 3.36. The lowest BCUT2D eigenvalue weighted by Crippen LogP contribution is -2.40. The van der Waals surface area contributed by atoms with E-state index < -0.39 is 0 Å². The summed E-state index contributed by atoms with van der Waals surface area (Å²) in [5.41, 5.74) is 4.60. The molecule has 0 bridgehead atoms. The topological polar surface area (TPSA) is 3.24 Å². The van der Waals surface area contributed by atoms with E-state index >= 15 is 0 Å². The smallest absolute Gasteiger partial charge is 0.0157 e. The largest absolute Gasteiger partial charge is 0.300 e. The number of benzene rings is 1. The molecule has 1 nitrogen and oxygen atoms in total. The predicted octanol–water partition coefficient (Wildman–Crippen LogP) is 4.10. The summed E-state index contributed by atoms with van der Waals surface area (Å²) < 4.78 is 0. The van der Waals surface area contributed by atoms with E-state index in [9.17, 15) is 0 Å². The number of aryl methyl sites for hydroxylation is 1. The molecular weight excluding hydrogens is 250 g/mol. The van der Waals surface area contributed by atoms with Crippen molar-refractivity contribution in [2.24, 2.45) is 0 Å². The van der Waals surface area contributed by atoms with Crippen LogP contribution in [-0.4, -0.2) is 24.0 Å². The zero-order valence-corrected chi connectivity index (χ0v) is 13.3. The number of rotatable bonds is 6. The van der Waals surface area contributed by atoms with Crippen molar-refractivity contribution in [1.82, 2.24) is 4.90 Å². The van der Waals surface area contributed by atoms with Crippen LogP contribution in [-0.2, 0) is 18.6 Å². The summed E-state index contributed by atoms with van der Waals surface area (Å²) in [5, 5.41) is 0. The summed E-state index contributed by atoms with van der Waals surface area (Å²) in [6, 6.07) is 7.50. The summed E-state index contributed by atoms with van der Waals surface area (Å²) >= 11 is 4.49. The molecule has 0 aliphatic heterocycles. The van der Waals surface area contributed by atoms with Crippen molar-refractivity contribution in [3.05, 3.63) is 34.9 Å². The third kappa shape index (κ3) is 3.55. The fraction of sp³-hybridized carbons (Fsp3) is 0.647. The quantitative estimate of drug-likeness (QED) is 0.766. The molecule has 0 N–H and O–H groups in total. The monoisotopic (exact) mass is 277 g/mol. The van der Waals surface area contributed by atoms with Gasteiger partial charge in [0.1, 0.15) is 0 Å². The van der Waals surface area contributed by atoms with E-state index in [0.29, 0.717) is 0 Å². The molecule has 1 aliphatic rings. The van der Waals surface area contributed by atoms with E-state index in [4.69, 9.17) is 0 Å². The molecule has 0 radical (unpaired) electrons. The number of nitrogens with zero attached hydrogens (tertiary/aromatic N) is 1. The molecular formula is C17H27NS. The zero-order valence-electron chi connectivity index (χ0n) is 12.4. The van der Waals surface area contributed by atoms with Crippen molar-refractivity contribution in [3.63, 3.8) is 0 Å². The van der Waals surface area contributed by atoms with E-state index in [0.717, 1.165) is 11.8 Å². The molecule has 106 valence electrons. The molecule has 2 heteroatoms. The van der Waals surface area contributed by atoms with Gasteiger partial charge in [-0.25, -0.2) is 0 Å². The van der Waals surface area contributed by atoms with E-state index in [1.807, 2.05) is 0 Å². The first-order valence-corrected chi connectivity index (χ1v) is 8.37. The first-order valence-electron chi connectivity index (χ1n) is 7.74. The van der Waals surface area contributed by atoms with Crippen molar-refractivity contribution < 1.29 is 0 Å². The van der Waals surface area contributed by atoms with Crippen LogP contribution < -0.4 is 0 Å². The van der Waals surface area contributed by atoms with Crippen LogP contribution in [0.4, 0.5) is 0 Å². The van der Waals surface area contributed by atoms with Gasteiger partial charge in [0.25, 0.3) is 0 Å². The van der Waals surface area contributed by atoms with Crippen molar-refractivity contribution in [2.75, 3.05) is 13.1 Å². The second-order valence-electron chi connectivity index (χ2n) is 5.65. The van der Waals surface area contributed by atoms with Gasteiger partial charge in [-0.15, -0.1) is 0 Å². The maximum atomic E-state index is 4.49. The highest BCUT2D eigenvalue weighted by Crippen LogP contribution is 2.28. The van der Waals surface area contributed by atoms with Crippen LogP contribution >= 0.6 is 12.6 Å². The molecule has 1 aromatic rings. The van der Waals surface area contributed by atoms with Gasteiger partial charge in [-0.3, -0.25) is 0 Å². The van der Waals surface area contributed by atoms with Gasteiger partial charge in [-0.05, 0) is 61.9 Å². The zero-order chi connectivity index (χ0) is 13.7. The normalized spacial score (nSPS) is 18.6. The second kappa shape index (κ2) is 7.35. The van der Waals surface area contributed by atoms with Crippen molar-refractivity contribution in [2.45, 2.75) is 57.7 Å². The highest BCUT2D eigenvalue weighted by Gasteiger charge is 2.24. The minimum absolute atomic E-state index is 0.744. The molecule has 0 saturated carbocycles. The first-order chi connectivity index (χ1) is 9.30. The predicted molar refractivity (Wildman–Crippen MR) is 87.1 cm³/mol. The Labute approximate surface area is 123 Å². The van der Waals surface area contributed by atoms with Crippen LogP contribution in [0.1, 0.15) is 49.8 Å². The van der Waals surface area contributed by atoms with E-state index in [-0.39, 0.29) is 0 Å². The fourth-order valence-corrected chi connectivity index (χ4v) is 3.65. The maximum Gasteiger partial charge on any atom is 0.0157 e. The molecule has 0 amide bonds. The van der Waals surface area contributed by atoms with Gasteiger partial charge >= 0.3 is 0 Å². The Bertz CT molecular complexity index is 382. The number of hydrogen-bond acceptors (Lipinski definition) is 2. The molecule has 1 aromatic carbocycles. The molecule has 0 aromatic heterocycles. The average Bonchev–Trinajstić information content (AvgIpc) is 2.46. The highest BCUT2D eigenvalue weighted by atomic mass is 32.1. The molecule has 0 unspecified atom stereocenters. The Morgan fingerprint density at radius 2 is 1.95 bits per heavy atom. The highest BCUT2D eigenvalue weighted by molar-refractivity contribution is 7.79. The first kappa shape index (κ1) is 14.9. The average molecular weight is 277 g/mol. The Morgan fingerprint density at radius 3 is 2.58 bits per heavy atom. The molecule has 1 aliphatic carbocycles. The summed E-state index contributed by atoms with van der Waals surface area (Å²) in [4.78, 5) is 2.71. The van der Waals surface area contributed by atoms with Crippen LogP contribution in [0.2, 0.25) is 0 Å². The Morgan fingerprint density at radius 1 is 1.21 bits per heavy atom. The third-order valence-corrected chi connectivity index (χ3v) is 4.61. The molecule has 2 rings (SSSR count). The molecule has 0 fully saturated rings. The van der Waals surface area contributed by atoms with Crippen LogP contribution in [0.15, 0.2) is 18.2 Å². The Balaban J connectivity index is 2.15. The number of hydrogen-bond donors (Lipinski definition) is 1. The lowest BCUT2D eigenvalue weighted by Gasteiger charge is -2.35. The molecule has 0 spiro atoms. The lowest BCUT2D eigenvalue weighted by molar-refractivity contribution is 0.180. The van der Waals surface area contributed by atoms with E-state index in [2.05, 4.69) is 49.6 Å². The van der Waals surface area contributed by atoms with Crippen LogP contribution in [0.5, 0.6) is 0 Å². The lowest BCUT2D eigenvalue weighted by atomic mass is 9.85. The van der Waals surface area contributed by atoms with Gasteiger partial charge in [-0.1, -0.05) is 32.0 Å². The summed E-state index contributed by atoms with van der Waals surface area (Å²) in [7, 11) is 0. The summed E-state index contributed by atoms with van der Waals surface area (Å²) in [6.45, 7) is 7.07. The Hall–Kier alpha value is -0.470. The van der Waals surface area contributed by atoms with Crippen LogP contribution in [0.25, 0.3) is 0 Å². The van der Waals surface area contributed by atoms with Crippen LogP contribution in [0.3, 0.4) is 0 Å². The number of fused-ring (bicyclic) bond motifs is 1. The van der Waals surface area contributed by atoms with Gasteiger partial charge in [0.15, 0.2) is 0 Å². The maximum absolute atomic E-state index is 4.49. The summed E-state index contributed by atoms with van der Waals surface area (Å²) in [6.07, 6.45) is 6.32. The number of thiol groups is 1. The minimum atomic E-state index is 0.744. The molecule has 0 saturated heterocycles. The second-order valence-corrected chi connectivity index (χ2v) is 5.96. The van der Waals surface area contributed by atoms with Gasteiger partial charge < -0.3 is 4.90 Å². The van der Waals surface area contributed by atoms with E-state index in [1.165, 1.54) is 50.8 Å². The SMILES string of the molecule is CCCN(CCC)[C@@H]1CCc2cccc(CS)c2C1. The van der Waals surface area contributed by atoms with Gasteiger partial charge in [0, 0.05) is 11.8 Å². The third-order valence-electron chi connectivity index (χ3n) is 4.27. The van der Waals surface area contributed by atoms with Gasteiger partial charge in [0.2, 0.25) is 0 Å². The van der Waals surface area contributed by atoms with E-state index in [1.54, 1.807) is 11.1 Å². The summed E-state index contributed by atoms with van der Waals surface area (Å²) in [5.74, 6) is 0.872. The van der Waals surface area contributed by atoms with Crippen molar-refractivity contribution in [1.29, 1.82) is 0 Å². The van der Waals surface area contributed by atoms with Gasteiger partial charge in [0.05, 0.1) is 0 Å². The molecule has 0 heterocycles. The van der Waals surface area contributed by atoms with Crippen molar-refractivity contribution >= 4 is 12.6 Å². The standard InChI is InChI=1S/C17H27NS/c1-3-10-18(11-4-2)16-9-8-14-6-5-7-15(13-19)17(14)12-16/h5-7,16,19H,3-4,8-13H2,1-2H3/t16-/m1/s1. The van der Waals surface area contributed by atoms with Crippen LogP contribution in [0, 0.1) is 0 Å². The van der Waals surface area contributed by atoms with Gasteiger partial charge in [-0.2, -0.15) is 12.6 Å². The Kier molecular flexibility index (Phi) is 5.77. The minimum Gasteiger partial charge on any atom is -0.300 e. The molecule has 1 atom stereocenters. The van der Waals surface area contributed by atoms with Crippen molar-refractivity contribution in [3.8, 4) is 0 Å².